The van der Waals surface area contributed by atoms with Crippen LogP contribution >= 0.6 is 0 Å². The quantitative estimate of drug-likeness (QED) is 0.683. The van der Waals surface area contributed by atoms with Gasteiger partial charge in [0, 0.05) is 10.7 Å². The zero-order chi connectivity index (χ0) is 10.6. The van der Waals surface area contributed by atoms with E-state index in [1.807, 2.05) is 0 Å². The summed E-state index contributed by atoms with van der Waals surface area (Å²) in [6, 6.07) is 4.80. The topological polar surface area (TPSA) is 46.5 Å². The molecular formula is C11H9NO2. The molecule has 0 saturated heterocycles. The fourth-order valence-electron chi connectivity index (χ4n) is 1.12. The van der Waals surface area contributed by atoms with Crippen LogP contribution in [0.3, 0.4) is 0 Å². The van der Waals surface area contributed by atoms with Gasteiger partial charge in [0.2, 0.25) is 0 Å². The molecule has 3 nitrogen and oxygen atoms in total. The maximum atomic E-state index is 10.9. The molecule has 14 heavy (non-hydrogen) atoms. The third kappa shape index (κ3) is 1.82. The zero-order valence-corrected chi connectivity index (χ0v) is 7.56. The van der Waals surface area contributed by atoms with E-state index in [-0.39, 0.29) is 5.56 Å². The molecule has 0 N–H and O–H groups in total. The minimum atomic E-state index is -0.774. The Labute approximate surface area is 81.7 Å². The van der Waals surface area contributed by atoms with Gasteiger partial charge < -0.3 is 0 Å². The Balaban J connectivity index is 3.26. The number of rotatable bonds is 3. The highest BCUT2D eigenvalue weighted by Crippen LogP contribution is 2.15. The molecule has 0 atom stereocenters. The number of nitrogens with zero attached hydrogens (tertiary/aromatic N) is 1. The lowest BCUT2D eigenvalue weighted by atomic mass is 10.0. The summed E-state index contributed by atoms with van der Waals surface area (Å²) < 4.78 is 0. The Morgan fingerprint density at radius 3 is 2.36 bits per heavy atom. The number of benzene rings is 1. The van der Waals surface area contributed by atoms with E-state index in [0.717, 1.165) is 11.1 Å². The number of hydrogen-bond donors (Lipinski definition) is 0. The molecule has 0 unspecified atom stereocenters. The van der Waals surface area contributed by atoms with E-state index in [2.05, 4.69) is 18.3 Å². The van der Waals surface area contributed by atoms with Crippen LogP contribution in [0.4, 0.5) is 0 Å². The average Bonchev–Trinajstić information content (AvgIpc) is 2.26. The number of nitroso groups, excluding NO2 is 1. The highest BCUT2D eigenvalue weighted by Gasteiger charge is 2.06. The minimum absolute atomic E-state index is 0.264. The summed E-state index contributed by atoms with van der Waals surface area (Å²) in [4.78, 5) is 21.0. The fraction of sp³-hybridized carbons (Fsp3) is 0. The second kappa shape index (κ2) is 4.28. The molecule has 0 bridgehead atoms. The molecule has 1 rings (SSSR count). The van der Waals surface area contributed by atoms with Crippen molar-refractivity contribution in [1.29, 1.82) is 0 Å². The first-order valence-electron chi connectivity index (χ1n) is 3.99. The third-order valence-electron chi connectivity index (χ3n) is 1.86. The van der Waals surface area contributed by atoms with E-state index in [1.165, 1.54) is 6.07 Å². The zero-order valence-electron chi connectivity index (χ0n) is 7.56. The number of carbonyl (C=O) groups excluding carboxylic acids is 1. The van der Waals surface area contributed by atoms with Crippen LogP contribution in [0.2, 0.25) is 0 Å². The van der Waals surface area contributed by atoms with Gasteiger partial charge in [-0.25, -0.2) is 0 Å². The summed E-state index contributed by atoms with van der Waals surface area (Å²) in [5, 5.41) is 2.34. The van der Waals surface area contributed by atoms with Gasteiger partial charge in [-0.15, -0.1) is 4.91 Å². The lowest BCUT2D eigenvalue weighted by Gasteiger charge is -2.01. The van der Waals surface area contributed by atoms with E-state index in [4.69, 9.17) is 0 Å². The molecule has 0 aromatic heterocycles. The van der Waals surface area contributed by atoms with Gasteiger partial charge in [-0.1, -0.05) is 31.4 Å². The van der Waals surface area contributed by atoms with Gasteiger partial charge in [-0.2, -0.15) is 0 Å². The van der Waals surface area contributed by atoms with Crippen molar-refractivity contribution in [3.63, 3.8) is 0 Å². The average molecular weight is 187 g/mol. The highest BCUT2D eigenvalue weighted by atomic mass is 16.3. The molecule has 0 spiro atoms. The molecule has 0 heterocycles. The van der Waals surface area contributed by atoms with Gasteiger partial charge in [-0.05, 0) is 23.3 Å². The number of hydrogen-bond acceptors (Lipinski definition) is 2. The summed E-state index contributed by atoms with van der Waals surface area (Å²) in [6.45, 7) is 7.21. The van der Waals surface area contributed by atoms with Crippen LogP contribution in [0.1, 0.15) is 21.5 Å². The molecule has 0 aliphatic heterocycles. The SMILES string of the molecule is C=Cc1ccc(C(=O)N=O)cc1C=C. The van der Waals surface area contributed by atoms with Crippen LogP contribution < -0.4 is 0 Å². The Morgan fingerprint density at radius 2 is 1.86 bits per heavy atom. The molecule has 70 valence electrons. The van der Waals surface area contributed by atoms with Crippen LogP contribution in [0.15, 0.2) is 36.5 Å². The lowest BCUT2D eigenvalue weighted by molar-refractivity contribution is 0.100. The summed E-state index contributed by atoms with van der Waals surface area (Å²) in [5.74, 6) is -0.774. The van der Waals surface area contributed by atoms with E-state index in [0.29, 0.717) is 0 Å². The van der Waals surface area contributed by atoms with E-state index in [1.54, 1.807) is 24.3 Å². The largest absolute Gasteiger partial charge is 0.316 e. The van der Waals surface area contributed by atoms with Crippen molar-refractivity contribution in [3.05, 3.63) is 53.0 Å². The predicted molar refractivity (Wildman–Crippen MR) is 56.7 cm³/mol. The first kappa shape index (κ1) is 10.1. The van der Waals surface area contributed by atoms with Gasteiger partial charge in [0.05, 0.1) is 0 Å². The number of carbonyl (C=O) groups is 1. The molecular weight excluding hydrogens is 178 g/mol. The Morgan fingerprint density at radius 1 is 1.21 bits per heavy atom. The van der Waals surface area contributed by atoms with Crippen molar-refractivity contribution in [1.82, 2.24) is 0 Å². The Bertz CT molecular complexity index is 408. The molecule has 0 aliphatic rings. The van der Waals surface area contributed by atoms with Crippen molar-refractivity contribution in [3.8, 4) is 0 Å². The molecule has 1 aromatic carbocycles. The highest BCUT2D eigenvalue weighted by molar-refractivity contribution is 5.95. The van der Waals surface area contributed by atoms with Crippen molar-refractivity contribution in [2.75, 3.05) is 0 Å². The second-order valence-corrected chi connectivity index (χ2v) is 2.65. The summed E-state index contributed by atoms with van der Waals surface area (Å²) in [6.07, 6.45) is 3.25. The maximum Gasteiger partial charge on any atom is 0.316 e. The second-order valence-electron chi connectivity index (χ2n) is 2.65. The molecule has 0 radical (unpaired) electrons. The maximum absolute atomic E-state index is 10.9. The van der Waals surface area contributed by atoms with E-state index >= 15 is 0 Å². The summed E-state index contributed by atoms with van der Waals surface area (Å²) in [5.41, 5.74) is 1.89. The summed E-state index contributed by atoms with van der Waals surface area (Å²) >= 11 is 0. The van der Waals surface area contributed by atoms with Crippen LogP contribution in [-0.2, 0) is 0 Å². The van der Waals surface area contributed by atoms with Crippen molar-refractivity contribution in [2.24, 2.45) is 5.18 Å². The lowest BCUT2D eigenvalue weighted by Crippen LogP contribution is -1.94. The predicted octanol–water partition coefficient (Wildman–Crippen LogP) is 2.88. The molecule has 0 aliphatic carbocycles. The first-order valence-corrected chi connectivity index (χ1v) is 3.99. The number of amides is 1. The van der Waals surface area contributed by atoms with E-state index in [9.17, 15) is 9.70 Å². The monoisotopic (exact) mass is 187 g/mol. The van der Waals surface area contributed by atoms with Crippen LogP contribution in [-0.4, -0.2) is 5.91 Å². The van der Waals surface area contributed by atoms with Crippen LogP contribution in [0, 0.1) is 4.91 Å². The van der Waals surface area contributed by atoms with Crippen molar-refractivity contribution in [2.45, 2.75) is 0 Å². The van der Waals surface area contributed by atoms with Gasteiger partial charge in [-0.3, -0.25) is 4.79 Å². The normalized spacial score (nSPS) is 9.14. The molecule has 0 fully saturated rings. The van der Waals surface area contributed by atoms with Gasteiger partial charge >= 0.3 is 5.91 Å². The molecule has 0 saturated carbocycles. The standard InChI is InChI=1S/C11H9NO2/c1-3-8-5-6-10(11(13)12-14)7-9(8)4-2/h3-7H,1-2H2. The molecule has 3 heteroatoms. The van der Waals surface area contributed by atoms with Gasteiger partial charge in [0.1, 0.15) is 0 Å². The van der Waals surface area contributed by atoms with Crippen LogP contribution in [0.5, 0.6) is 0 Å². The molecule has 1 aromatic rings. The van der Waals surface area contributed by atoms with Gasteiger partial charge in [0.15, 0.2) is 0 Å². The molecule has 1 amide bonds. The Hall–Kier alpha value is -2.03. The summed E-state index contributed by atoms with van der Waals surface area (Å²) in [7, 11) is 0. The van der Waals surface area contributed by atoms with Crippen molar-refractivity contribution < 1.29 is 4.79 Å². The third-order valence-corrected chi connectivity index (χ3v) is 1.86. The Kier molecular flexibility index (Phi) is 3.07. The fourth-order valence-corrected chi connectivity index (χ4v) is 1.12. The van der Waals surface area contributed by atoms with Gasteiger partial charge in [0.25, 0.3) is 0 Å². The van der Waals surface area contributed by atoms with Crippen molar-refractivity contribution >= 4 is 18.1 Å². The smallest absolute Gasteiger partial charge is 0.263 e. The van der Waals surface area contributed by atoms with E-state index < -0.39 is 5.91 Å². The minimum Gasteiger partial charge on any atom is -0.263 e. The first-order chi connectivity index (χ1) is 6.72. The van der Waals surface area contributed by atoms with Crippen LogP contribution in [0.25, 0.3) is 12.2 Å².